The number of guanidine groups is 1. The number of piperidine rings is 1. The molecule has 1 saturated heterocycles. The fourth-order valence-electron chi connectivity index (χ4n) is 3.33. The Hall–Kier alpha value is -1.59. The minimum Gasteiger partial charge on any atom is -0.469 e. The van der Waals surface area contributed by atoms with Gasteiger partial charge in [0.15, 0.2) is 5.96 Å². The van der Waals surface area contributed by atoms with Gasteiger partial charge in [0.25, 0.3) is 0 Å². The number of hydrogen-bond acceptors (Lipinski definition) is 4. The van der Waals surface area contributed by atoms with E-state index in [2.05, 4.69) is 15.6 Å². The number of aliphatic imine (C=N–C) groups is 1. The molecule has 0 saturated carbocycles. The number of sulfonamides is 1. The molecule has 30 heavy (non-hydrogen) atoms. The molecule has 0 unspecified atom stereocenters. The Kier molecular flexibility index (Phi) is 10.1. The fraction of sp³-hybridized carbons (Fsp3) is 0.476. The lowest BCUT2D eigenvalue weighted by Gasteiger charge is -2.26. The molecule has 0 bridgehead atoms. The summed E-state index contributed by atoms with van der Waals surface area (Å²) in [5.74, 6) is 1.62. The van der Waals surface area contributed by atoms with Crippen molar-refractivity contribution in [3.05, 3.63) is 54.0 Å². The summed E-state index contributed by atoms with van der Waals surface area (Å²) in [5.41, 5.74) is 0.867. The Bertz CT molecular complexity index is 895. The van der Waals surface area contributed by atoms with Crippen LogP contribution < -0.4 is 10.6 Å². The highest BCUT2D eigenvalue weighted by Crippen LogP contribution is 2.21. The van der Waals surface area contributed by atoms with E-state index in [9.17, 15) is 8.42 Å². The predicted molar refractivity (Wildman–Crippen MR) is 130 cm³/mol. The van der Waals surface area contributed by atoms with Gasteiger partial charge in [-0.2, -0.15) is 4.31 Å². The van der Waals surface area contributed by atoms with Crippen molar-refractivity contribution in [1.29, 1.82) is 0 Å². The number of halogens is 1. The lowest BCUT2D eigenvalue weighted by molar-refractivity contribution is 0.346. The second-order valence-corrected chi connectivity index (χ2v) is 9.00. The minimum absolute atomic E-state index is 0. The van der Waals surface area contributed by atoms with Crippen LogP contribution in [0.1, 0.15) is 37.5 Å². The molecule has 0 spiro atoms. The van der Waals surface area contributed by atoms with Crippen LogP contribution in [0.3, 0.4) is 0 Å². The van der Waals surface area contributed by atoms with E-state index < -0.39 is 10.0 Å². The first-order chi connectivity index (χ1) is 14.1. The first-order valence-corrected chi connectivity index (χ1v) is 11.7. The summed E-state index contributed by atoms with van der Waals surface area (Å²) < 4.78 is 32.7. The Labute approximate surface area is 196 Å². The average molecular weight is 546 g/mol. The van der Waals surface area contributed by atoms with Crippen LogP contribution in [0.2, 0.25) is 0 Å². The van der Waals surface area contributed by atoms with Gasteiger partial charge in [-0.25, -0.2) is 13.4 Å². The molecule has 7 nitrogen and oxygen atoms in total. The molecule has 166 valence electrons. The molecule has 1 aliphatic heterocycles. The van der Waals surface area contributed by atoms with E-state index in [1.54, 1.807) is 28.8 Å². The summed E-state index contributed by atoms with van der Waals surface area (Å²) in [4.78, 5) is 4.94. The number of benzene rings is 1. The van der Waals surface area contributed by atoms with E-state index in [0.29, 0.717) is 37.0 Å². The average Bonchev–Trinajstić information content (AvgIpc) is 3.26. The van der Waals surface area contributed by atoms with Crippen molar-refractivity contribution in [3.8, 4) is 0 Å². The molecule has 1 aromatic heterocycles. The molecule has 0 radical (unpaired) electrons. The maximum absolute atomic E-state index is 12.9. The number of nitrogens with one attached hydrogen (secondary N) is 2. The minimum atomic E-state index is -3.43. The highest BCUT2D eigenvalue weighted by molar-refractivity contribution is 14.0. The number of nitrogens with zero attached hydrogens (tertiary/aromatic N) is 2. The molecule has 2 heterocycles. The Morgan fingerprint density at radius 1 is 1.13 bits per heavy atom. The van der Waals surface area contributed by atoms with Crippen LogP contribution in [-0.4, -0.2) is 44.9 Å². The third-order valence-corrected chi connectivity index (χ3v) is 6.75. The highest BCUT2D eigenvalue weighted by Gasteiger charge is 2.25. The van der Waals surface area contributed by atoms with Gasteiger partial charge in [0.05, 0.1) is 17.7 Å². The predicted octanol–water partition coefficient (Wildman–Crippen LogP) is 3.37. The Morgan fingerprint density at radius 2 is 1.93 bits per heavy atom. The molecule has 1 fully saturated rings. The van der Waals surface area contributed by atoms with Gasteiger partial charge in [0.2, 0.25) is 10.0 Å². The van der Waals surface area contributed by atoms with Crippen molar-refractivity contribution in [3.63, 3.8) is 0 Å². The van der Waals surface area contributed by atoms with Crippen molar-refractivity contribution >= 4 is 40.0 Å². The molecular weight excluding hydrogens is 515 g/mol. The molecule has 1 aromatic carbocycles. The molecule has 2 aromatic rings. The van der Waals surface area contributed by atoms with E-state index in [4.69, 9.17) is 4.42 Å². The van der Waals surface area contributed by atoms with Crippen LogP contribution in [0.5, 0.6) is 0 Å². The largest absolute Gasteiger partial charge is 0.469 e. The Balaban J connectivity index is 0.00000320. The van der Waals surface area contributed by atoms with E-state index in [0.717, 1.165) is 43.6 Å². The second kappa shape index (κ2) is 12.3. The normalized spacial score (nSPS) is 15.4. The summed E-state index contributed by atoms with van der Waals surface area (Å²) in [6.07, 6.45) is 5.39. The summed E-state index contributed by atoms with van der Waals surface area (Å²) in [7, 11) is -3.43. The van der Waals surface area contributed by atoms with Crippen molar-refractivity contribution in [2.24, 2.45) is 4.99 Å². The molecule has 0 atom stereocenters. The number of hydrogen-bond donors (Lipinski definition) is 2. The van der Waals surface area contributed by atoms with Crippen molar-refractivity contribution in [1.82, 2.24) is 14.9 Å². The standard InChI is InChI=1S/C21H30N4O3S.HI/c1-2-22-21(23-12-11-19-9-7-15-28-19)24-17-18-8-6-10-20(16-18)29(26,27)25-13-4-3-5-14-25;/h6-10,15-16H,2-5,11-14,17H2,1H3,(H2,22,23,24);1H. The van der Waals surface area contributed by atoms with Crippen molar-refractivity contribution < 1.29 is 12.8 Å². The summed E-state index contributed by atoms with van der Waals surface area (Å²) >= 11 is 0. The lowest BCUT2D eigenvalue weighted by Crippen LogP contribution is -2.38. The zero-order chi connectivity index (χ0) is 20.5. The monoisotopic (exact) mass is 546 g/mol. The maximum atomic E-state index is 12.9. The van der Waals surface area contributed by atoms with Crippen LogP contribution >= 0.6 is 24.0 Å². The Morgan fingerprint density at radius 3 is 2.63 bits per heavy atom. The first-order valence-electron chi connectivity index (χ1n) is 10.2. The second-order valence-electron chi connectivity index (χ2n) is 7.06. The highest BCUT2D eigenvalue weighted by atomic mass is 127. The molecule has 2 N–H and O–H groups in total. The maximum Gasteiger partial charge on any atom is 0.243 e. The summed E-state index contributed by atoms with van der Waals surface area (Å²) in [6.45, 7) is 5.07. The van der Waals surface area contributed by atoms with Crippen LogP contribution in [-0.2, 0) is 23.0 Å². The molecule has 0 aliphatic carbocycles. The zero-order valence-electron chi connectivity index (χ0n) is 17.3. The molecule has 0 amide bonds. The van der Waals surface area contributed by atoms with Crippen LogP contribution in [0.4, 0.5) is 0 Å². The third kappa shape index (κ3) is 6.98. The van der Waals surface area contributed by atoms with E-state index >= 15 is 0 Å². The van der Waals surface area contributed by atoms with Crippen LogP contribution in [0.15, 0.2) is 57.0 Å². The van der Waals surface area contributed by atoms with Gasteiger partial charge in [0.1, 0.15) is 5.76 Å². The zero-order valence-corrected chi connectivity index (χ0v) is 20.5. The van der Waals surface area contributed by atoms with Gasteiger partial charge in [-0.15, -0.1) is 24.0 Å². The topological polar surface area (TPSA) is 86.9 Å². The summed E-state index contributed by atoms with van der Waals surface area (Å²) in [5, 5.41) is 6.49. The van der Waals surface area contributed by atoms with Gasteiger partial charge in [-0.05, 0) is 49.6 Å². The van der Waals surface area contributed by atoms with E-state index in [1.165, 1.54) is 0 Å². The van der Waals surface area contributed by atoms with Crippen molar-refractivity contribution in [2.75, 3.05) is 26.2 Å². The number of furan rings is 1. The fourth-order valence-corrected chi connectivity index (χ4v) is 4.92. The third-order valence-electron chi connectivity index (χ3n) is 4.86. The lowest BCUT2D eigenvalue weighted by atomic mass is 10.2. The molecule has 3 rings (SSSR count). The van der Waals surface area contributed by atoms with Gasteiger partial charge < -0.3 is 15.1 Å². The van der Waals surface area contributed by atoms with Gasteiger partial charge >= 0.3 is 0 Å². The van der Waals surface area contributed by atoms with E-state index in [-0.39, 0.29) is 24.0 Å². The van der Waals surface area contributed by atoms with Gasteiger partial charge in [-0.1, -0.05) is 18.6 Å². The summed E-state index contributed by atoms with van der Waals surface area (Å²) in [6, 6.07) is 10.9. The van der Waals surface area contributed by atoms with Gasteiger partial charge in [-0.3, -0.25) is 0 Å². The molecule has 1 aliphatic rings. The van der Waals surface area contributed by atoms with Gasteiger partial charge in [0, 0.05) is 32.6 Å². The van der Waals surface area contributed by atoms with Crippen LogP contribution in [0, 0.1) is 0 Å². The van der Waals surface area contributed by atoms with Crippen LogP contribution in [0.25, 0.3) is 0 Å². The van der Waals surface area contributed by atoms with Crippen molar-refractivity contribution in [2.45, 2.75) is 44.0 Å². The number of rotatable bonds is 8. The smallest absolute Gasteiger partial charge is 0.243 e. The molecular formula is C21H31IN4O3S. The SMILES string of the molecule is CCNC(=NCc1cccc(S(=O)(=O)N2CCCCC2)c1)NCCc1ccco1.I. The van der Waals surface area contributed by atoms with E-state index in [1.807, 2.05) is 25.1 Å². The first kappa shape index (κ1) is 24.7. The quantitative estimate of drug-likeness (QED) is 0.301. The molecule has 9 heteroatoms.